The Morgan fingerprint density at radius 2 is 1.86 bits per heavy atom. The standard InChI is InChI=1S/C9H20N2O2S/c1-4-7-8-9-10-14(12,13)11(5-2)6-3/h4,7,10H,5-6,8-9H2,1-3H3/b7-4+. The summed E-state index contributed by atoms with van der Waals surface area (Å²) in [6, 6.07) is 0. The van der Waals surface area contributed by atoms with Crippen molar-refractivity contribution in [3.8, 4) is 0 Å². The van der Waals surface area contributed by atoms with Crippen molar-refractivity contribution in [2.45, 2.75) is 27.2 Å². The van der Waals surface area contributed by atoms with Crippen LogP contribution in [-0.2, 0) is 10.2 Å². The smallest absolute Gasteiger partial charge is 0.202 e. The van der Waals surface area contributed by atoms with Crippen LogP contribution in [0.15, 0.2) is 12.2 Å². The van der Waals surface area contributed by atoms with E-state index in [1.165, 1.54) is 4.31 Å². The SMILES string of the molecule is C/C=C/CCNS(=O)(=O)N(CC)CC. The molecule has 0 unspecified atom stereocenters. The third-order valence-corrected chi connectivity index (χ3v) is 3.64. The minimum Gasteiger partial charge on any atom is -0.202 e. The van der Waals surface area contributed by atoms with Gasteiger partial charge in [0.1, 0.15) is 0 Å². The molecule has 0 amide bonds. The summed E-state index contributed by atoms with van der Waals surface area (Å²) >= 11 is 0. The van der Waals surface area contributed by atoms with E-state index in [0.717, 1.165) is 6.42 Å². The van der Waals surface area contributed by atoms with E-state index in [4.69, 9.17) is 0 Å². The second-order valence-electron chi connectivity index (χ2n) is 2.84. The summed E-state index contributed by atoms with van der Waals surface area (Å²) in [5.74, 6) is 0. The fourth-order valence-corrected chi connectivity index (χ4v) is 2.33. The van der Waals surface area contributed by atoms with Gasteiger partial charge in [0.05, 0.1) is 0 Å². The molecule has 0 saturated heterocycles. The number of hydrogen-bond acceptors (Lipinski definition) is 2. The molecule has 1 N–H and O–H groups in total. The van der Waals surface area contributed by atoms with Crippen molar-refractivity contribution < 1.29 is 8.42 Å². The zero-order valence-corrected chi connectivity index (χ0v) is 9.97. The molecule has 84 valence electrons. The van der Waals surface area contributed by atoms with E-state index in [0.29, 0.717) is 19.6 Å². The van der Waals surface area contributed by atoms with Crippen molar-refractivity contribution in [2.75, 3.05) is 19.6 Å². The highest BCUT2D eigenvalue weighted by Crippen LogP contribution is 1.96. The monoisotopic (exact) mass is 220 g/mol. The first-order valence-corrected chi connectivity index (χ1v) is 6.38. The van der Waals surface area contributed by atoms with Crippen molar-refractivity contribution >= 4 is 10.2 Å². The highest BCUT2D eigenvalue weighted by atomic mass is 32.2. The van der Waals surface area contributed by atoms with Crippen LogP contribution in [0.1, 0.15) is 27.2 Å². The van der Waals surface area contributed by atoms with Gasteiger partial charge in [-0.1, -0.05) is 26.0 Å². The molecule has 0 aromatic carbocycles. The minimum atomic E-state index is -3.25. The topological polar surface area (TPSA) is 49.4 Å². The number of rotatable bonds is 7. The summed E-state index contributed by atoms with van der Waals surface area (Å²) in [4.78, 5) is 0. The number of nitrogens with zero attached hydrogens (tertiary/aromatic N) is 1. The highest BCUT2D eigenvalue weighted by Gasteiger charge is 2.16. The van der Waals surface area contributed by atoms with Crippen LogP contribution in [0.2, 0.25) is 0 Å². The third-order valence-electron chi connectivity index (χ3n) is 1.88. The van der Waals surface area contributed by atoms with Crippen LogP contribution in [0.3, 0.4) is 0 Å². The first kappa shape index (κ1) is 13.6. The van der Waals surface area contributed by atoms with Gasteiger partial charge < -0.3 is 0 Å². The Bertz CT molecular complexity index is 256. The zero-order chi connectivity index (χ0) is 11.0. The normalized spacial score (nSPS) is 12.9. The molecule has 0 heterocycles. The molecule has 4 nitrogen and oxygen atoms in total. The Hall–Kier alpha value is -0.390. The maximum absolute atomic E-state index is 11.5. The van der Waals surface area contributed by atoms with Gasteiger partial charge in [-0.15, -0.1) is 0 Å². The van der Waals surface area contributed by atoms with Crippen LogP contribution in [0.4, 0.5) is 0 Å². The van der Waals surface area contributed by atoms with Crippen LogP contribution >= 0.6 is 0 Å². The summed E-state index contributed by atoms with van der Waals surface area (Å²) in [6.45, 7) is 7.05. The molecule has 14 heavy (non-hydrogen) atoms. The lowest BCUT2D eigenvalue weighted by molar-refractivity contribution is 0.435. The average molecular weight is 220 g/mol. The maximum atomic E-state index is 11.5. The number of nitrogens with one attached hydrogen (secondary N) is 1. The summed E-state index contributed by atoms with van der Waals surface area (Å²) in [5.41, 5.74) is 0. The van der Waals surface area contributed by atoms with E-state index in [-0.39, 0.29) is 0 Å². The molecule has 0 rings (SSSR count). The first-order chi connectivity index (χ1) is 6.58. The van der Waals surface area contributed by atoms with Crippen molar-refractivity contribution in [1.29, 1.82) is 0 Å². The fourth-order valence-electron chi connectivity index (χ4n) is 1.09. The Balaban J connectivity index is 4.06. The Morgan fingerprint density at radius 3 is 2.29 bits per heavy atom. The van der Waals surface area contributed by atoms with Gasteiger partial charge in [-0.2, -0.15) is 12.7 Å². The van der Waals surface area contributed by atoms with Gasteiger partial charge in [0.15, 0.2) is 0 Å². The molecule has 0 aromatic heterocycles. The molecule has 0 aliphatic heterocycles. The molecule has 0 atom stereocenters. The predicted molar refractivity (Wildman–Crippen MR) is 59.3 cm³/mol. The van der Waals surface area contributed by atoms with Crippen LogP contribution in [0.5, 0.6) is 0 Å². The van der Waals surface area contributed by atoms with E-state index in [1.54, 1.807) is 0 Å². The van der Waals surface area contributed by atoms with Gasteiger partial charge in [-0.25, -0.2) is 4.72 Å². The summed E-state index contributed by atoms with van der Waals surface area (Å²) < 4.78 is 27.0. The maximum Gasteiger partial charge on any atom is 0.279 e. The zero-order valence-electron chi connectivity index (χ0n) is 9.16. The highest BCUT2D eigenvalue weighted by molar-refractivity contribution is 7.87. The van der Waals surface area contributed by atoms with Crippen molar-refractivity contribution in [3.63, 3.8) is 0 Å². The van der Waals surface area contributed by atoms with E-state index in [9.17, 15) is 8.42 Å². The molecule has 0 aliphatic carbocycles. The number of hydrogen-bond donors (Lipinski definition) is 1. The second kappa shape index (κ2) is 6.98. The van der Waals surface area contributed by atoms with Gasteiger partial charge in [0.2, 0.25) is 0 Å². The molecule has 0 spiro atoms. The summed E-state index contributed by atoms with van der Waals surface area (Å²) in [7, 11) is -3.25. The first-order valence-electron chi connectivity index (χ1n) is 4.94. The van der Waals surface area contributed by atoms with Gasteiger partial charge in [0, 0.05) is 19.6 Å². The van der Waals surface area contributed by atoms with E-state index < -0.39 is 10.2 Å². The molecule has 5 heteroatoms. The fraction of sp³-hybridized carbons (Fsp3) is 0.778. The lowest BCUT2D eigenvalue weighted by Crippen LogP contribution is -2.40. The lowest BCUT2D eigenvalue weighted by atomic mass is 10.4. The quantitative estimate of drug-likeness (QED) is 0.516. The Kier molecular flexibility index (Phi) is 6.78. The number of allylic oxidation sites excluding steroid dienone is 1. The van der Waals surface area contributed by atoms with Crippen LogP contribution in [0.25, 0.3) is 0 Å². The third kappa shape index (κ3) is 4.74. The largest absolute Gasteiger partial charge is 0.279 e. The summed E-state index contributed by atoms with van der Waals surface area (Å²) in [6.07, 6.45) is 4.58. The molecular formula is C9H20N2O2S. The molecular weight excluding hydrogens is 200 g/mol. The molecule has 0 aliphatic rings. The van der Waals surface area contributed by atoms with Crippen LogP contribution in [-0.4, -0.2) is 32.4 Å². The van der Waals surface area contributed by atoms with Gasteiger partial charge in [0.25, 0.3) is 10.2 Å². The van der Waals surface area contributed by atoms with Gasteiger partial charge >= 0.3 is 0 Å². The molecule has 0 aromatic rings. The predicted octanol–water partition coefficient (Wildman–Crippen LogP) is 1.13. The lowest BCUT2D eigenvalue weighted by Gasteiger charge is -2.18. The van der Waals surface area contributed by atoms with Crippen LogP contribution < -0.4 is 4.72 Å². The summed E-state index contributed by atoms with van der Waals surface area (Å²) in [5, 5.41) is 0. The van der Waals surface area contributed by atoms with Gasteiger partial charge in [-0.3, -0.25) is 0 Å². The van der Waals surface area contributed by atoms with Crippen molar-refractivity contribution in [1.82, 2.24) is 9.03 Å². The van der Waals surface area contributed by atoms with E-state index >= 15 is 0 Å². The van der Waals surface area contributed by atoms with E-state index in [2.05, 4.69) is 4.72 Å². The molecule has 0 radical (unpaired) electrons. The van der Waals surface area contributed by atoms with Crippen LogP contribution in [0, 0.1) is 0 Å². The molecule has 0 fully saturated rings. The van der Waals surface area contributed by atoms with Crippen molar-refractivity contribution in [2.24, 2.45) is 0 Å². The molecule has 0 saturated carbocycles. The Morgan fingerprint density at radius 1 is 1.29 bits per heavy atom. The second-order valence-corrected chi connectivity index (χ2v) is 4.60. The van der Waals surface area contributed by atoms with E-state index in [1.807, 2.05) is 32.9 Å². The Labute approximate surface area is 87.2 Å². The molecule has 0 bridgehead atoms. The van der Waals surface area contributed by atoms with Crippen molar-refractivity contribution in [3.05, 3.63) is 12.2 Å². The minimum absolute atomic E-state index is 0.461. The van der Waals surface area contributed by atoms with Gasteiger partial charge in [-0.05, 0) is 13.3 Å². The average Bonchev–Trinajstić information content (AvgIpc) is 2.14.